The fraction of sp³-hybridized carbons (Fsp3) is 0.727. The van der Waals surface area contributed by atoms with Crippen LogP contribution in [0.25, 0.3) is 0 Å². The first kappa shape index (κ1) is 15.5. The number of nitrogen functional groups attached to an aromatic ring is 1. The van der Waals surface area contributed by atoms with E-state index in [0.29, 0.717) is 18.2 Å². The summed E-state index contributed by atoms with van der Waals surface area (Å²) in [5.74, 6) is 0.0553. The van der Waals surface area contributed by atoms with Gasteiger partial charge >= 0.3 is 0 Å². The van der Waals surface area contributed by atoms with E-state index in [1.165, 1.54) is 0 Å². The number of rotatable bonds is 5. The van der Waals surface area contributed by atoms with Crippen LogP contribution < -0.4 is 11.1 Å². The highest BCUT2D eigenvalue weighted by Crippen LogP contribution is 2.31. The van der Waals surface area contributed by atoms with Crippen LogP contribution in [0.4, 0.5) is 10.8 Å². The van der Waals surface area contributed by atoms with E-state index in [9.17, 15) is 8.42 Å². The third kappa shape index (κ3) is 3.60. The normalized spacial score (nSPS) is 21.0. The van der Waals surface area contributed by atoms with Gasteiger partial charge in [0.25, 0.3) is 0 Å². The molecule has 1 aromatic heterocycles. The second-order valence-electron chi connectivity index (χ2n) is 4.77. The van der Waals surface area contributed by atoms with Gasteiger partial charge in [0.2, 0.25) is 0 Å². The molecule has 114 valence electrons. The standard InChI is InChI=1S/C11H20N4O3S2/c1-3-15-4-5-18-8(7-15)6-13-11-9(20(2,16)17)10(12)14-19-11/h8,13H,3-7H2,1-2H3,(H2,12,14). The molecular formula is C11H20N4O3S2. The number of likely N-dealkylation sites (N-methyl/N-ethyl adjacent to an activating group) is 1. The van der Waals surface area contributed by atoms with Crippen molar-refractivity contribution in [2.75, 3.05) is 50.1 Å². The molecule has 1 aliphatic rings. The summed E-state index contributed by atoms with van der Waals surface area (Å²) in [6.45, 7) is 6.12. The minimum absolute atomic E-state index is 0.0411. The molecule has 9 heteroatoms. The fourth-order valence-corrected chi connectivity index (χ4v) is 4.24. The van der Waals surface area contributed by atoms with Crippen LogP contribution in [0.1, 0.15) is 6.92 Å². The van der Waals surface area contributed by atoms with Crippen molar-refractivity contribution in [2.45, 2.75) is 17.9 Å². The third-order valence-electron chi connectivity index (χ3n) is 3.21. The summed E-state index contributed by atoms with van der Waals surface area (Å²) in [6.07, 6.45) is 1.17. The molecule has 0 aromatic carbocycles. The van der Waals surface area contributed by atoms with E-state index >= 15 is 0 Å². The molecule has 1 aliphatic heterocycles. The van der Waals surface area contributed by atoms with E-state index in [4.69, 9.17) is 10.5 Å². The minimum Gasteiger partial charge on any atom is -0.382 e. The Morgan fingerprint density at radius 2 is 2.35 bits per heavy atom. The SMILES string of the molecule is CCN1CCOC(CNc2snc(N)c2S(C)(=O)=O)C1. The Morgan fingerprint density at radius 1 is 1.60 bits per heavy atom. The third-order valence-corrected chi connectivity index (χ3v) is 5.31. The van der Waals surface area contributed by atoms with Gasteiger partial charge in [-0.15, -0.1) is 0 Å². The zero-order valence-corrected chi connectivity index (χ0v) is 13.3. The summed E-state index contributed by atoms with van der Waals surface area (Å²) in [7, 11) is -3.38. The lowest BCUT2D eigenvalue weighted by Gasteiger charge is -2.32. The first-order valence-electron chi connectivity index (χ1n) is 6.44. The lowest BCUT2D eigenvalue weighted by molar-refractivity contribution is -0.0191. The quantitative estimate of drug-likeness (QED) is 0.803. The van der Waals surface area contributed by atoms with Gasteiger partial charge in [-0.3, -0.25) is 4.90 Å². The number of hydrogen-bond acceptors (Lipinski definition) is 8. The Kier molecular flexibility index (Phi) is 4.84. The number of anilines is 2. The molecule has 20 heavy (non-hydrogen) atoms. The molecule has 1 atom stereocenters. The minimum atomic E-state index is -3.38. The molecule has 0 spiro atoms. The molecule has 7 nitrogen and oxygen atoms in total. The van der Waals surface area contributed by atoms with Gasteiger partial charge in [-0.2, -0.15) is 4.37 Å². The fourth-order valence-electron chi connectivity index (χ4n) is 2.16. The first-order valence-corrected chi connectivity index (χ1v) is 9.11. The zero-order valence-electron chi connectivity index (χ0n) is 11.6. The van der Waals surface area contributed by atoms with Crippen molar-refractivity contribution in [1.29, 1.82) is 0 Å². The molecule has 0 saturated carbocycles. The summed E-state index contributed by atoms with van der Waals surface area (Å²) in [5, 5.41) is 3.59. The molecule has 1 fully saturated rings. The molecule has 0 amide bonds. The number of ether oxygens (including phenoxy) is 1. The molecule has 0 aliphatic carbocycles. The lowest BCUT2D eigenvalue weighted by Crippen LogP contribution is -2.45. The molecule has 1 aromatic rings. The average Bonchev–Trinajstić information content (AvgIpc) is 2.77. The summed E-state index contributed by atoms with van der Waals surface area (Å²) in [4.78, 5) is 2.39. The van der Waals surface area contributed by atoms with E-state index in [2.05, 4.69) is 21.5 Å². The maximum Gasteiger partial charge on any atom is 0.182 e. The predicted molar refractivity (Wildman–Crippen MR) is 80.0 cm³/mol. The first-order chi connectivity index (χ1) is 9.41. The number of nitrogens with one attached hydrogen (secondary N) is 1. The van der Waals surface area contributed by atoms with Crippen molar-refractivity contribution >= 4 is 32.2 Å². The van der Waals surface area contributed by atoms with Crippen LogP contribution in [0.15, 0.2) is 4.90 Å². The van der Waals surface area contributed by atoms with Crippen molar-refractivity contribution in [3.63, 3.8) is 0 Å². The van der Waals surface area contributed by atoms with Crippen molar-refractivity contribution in [2.24, 2.45) is 0 Å². The van der Waals surface area contributed by atoms with E-state index in [-0.39, 0.29) is 16.8 Å². The second-order valence-corrected chi connectivity index (χ2v) is 7.49. The van der Waals surface area contributed by atoms with Gasteiger partial charge in [-0.1, -0.05) is 6.92 Å². The average molecular weight is 320 g/mol. The molecule has 1 unspecified atom stereocenters. The number of nitrogens with zero attached hydrogens (tertiary/aromatic N) is 2. The summed E-state index contributed by atoms with van der Waals surface area (Å²) in [6, 6.07) is 0. The lowest BCUT2D eigenvalue weighted by atomic mass is 10.2. The maximum absolute atomic E-state index is 11.7. The molecule has 1 saturated heterocycles. The predicted octanol–water partition coefficient (Wildman–Crippen LogP) is 0.261. The van der Waals surface area contributed by atoms with Crippen molar-refractivity contribution < 1.29 is 13.2 Å². The van der Waals surface area contributed by atoms with Crippen LogP contribution in [-0.4, -0.2) is 62.8 Å². The van der Waals surface area contributed by atoms with E-state index in [1.807, 2.05) is 0 Å². The van der Waals surface area contributed by atoms with E-state index < -0.39 is 9.84 Å². The second kappa shape index (κ2) is 6.25. The topological polar surface area (TPSA) is 97.5 Å². The van der Waals surface area contributed by atoms with E-state index in [0.717, 1.165) is 37.4 Å². The largest absolute Gasteiger partial charge is 0.382 e. The molecule has 0 bridgehead atoms. The van der Waals surface area contributed by atoms with Crippen molar-refractivity contribution in [3.8, 4) is 0 Å². The Labute approximate surface area is 123 Å². The van der Waals surface area contributed by atoms with Crippen LogP contribution in [0.5, 0.6) is 0 Å². The summed E-state index contributed by atoms with van der Waals surface area (Å²) in [5.41, 5.74) is 5.62. The van der Waals surface area contributed by atoms with Gasteiger partial charge in [-0.25, -0.2) is 8.42 Å². The highest BCUT2D eigenvalue weighted by atomic mass is 32.2. The van der Waals surface area contributed by atoms with Crippen LogP contribution in [-0.2, 0) is 14.6 Å². The smallest absolute Gasteiger partial charge is 0.182 e. The van der Waals surface area contributed by atoms with Gasteiger partial charge in [0, 0.05) is 25.9 Å². The van der Waals surface area contributed by atoms with Crippen LogP contribution in [0.2, 0.25) is 0 Å². The summed E-state index contributed by atoms with van der Waals surface area (Å²) < 4.78 is 33.0. The molecule has 3 N–H and O–H groups in total. The van der Waals surface area contributed by atoms with Crippen LogP contribution in [0.3, 0.4) is 0 Å². The maximum atomic E-state index is 11.7. The van der Waals surface area contributed by atoms with Crippen molar-refractivity contribution in [3.05, 3.63) is 0 Å². The highest BCUT2D eigenvalue weighted by Gasteiger charge is 2.23. The van der Waals surface area contributed by atoms with Crippen LogP contribution >= 0.6 is 11.5 Å². The zero-order chi connectivity index (χ0) is 14.8. The number of sulfone groups is 1. The molecule has 2 rings (SSSR count). The monoisotopic (exact) mass is 320 g/mol. The van der Waals surface area contributed by atoms with Gasteiger partial charge in [0.1, 0.15) is 9.90 Å². The highest BCUT2D eigenvalue weighted by molar-refractivity contribution is 7.91. The molecular weight excluding hydrogens is 300 g/mol. The Bertz CT molecular complexity index is 558. The summed E-state index contributed by atoms with van der Waals surface area (Å²) >= 11 is 1.06. The number of nitrogens with two attached hydrogens (primary N) is 1. The van der Waals surface area contributed by atoms with Gasteiger partial charge < -0.3 is 15.8 Å². The Hall–Kier alpha value is -0.900. The number of morpholine rings is 1. The Morgan fingerprint density at radius 3 is 3.00 bits per heavy atom. The van der Waals surface area contributed by atoms with E-state index in [1.54, 1.807) is 0 Å². The van der Waals surface area contributed by atoms with Crippen LogP contribution in [0, 0.1) is 0 Å². The molecule has 0 radical (unpaired) electrons. The van der Waals surface area contributed by atoms with Crippen molar-refractivity contribution in [1.82, 2.24) is 9.27 Å². The number of hydrogen-bond donors (Lipinski definition) is 2. The van der Waals surface area contributed by atoms with Gasteiger partial charge in [0.05, 0.1) is 12.7 Å². The number of aromatic nitrogens is 1. The Balaban J connectivity index is 2.01. The van der Waals surface area contributed by atoms with Gasteiger partial charge in [0.15, 0.2) is 15.7 Å². The molecule has 2 heterocycles. The van der Waals surface area contributed by atoms with Gasteiger partial charge in [-0.05, 0) is 18.1 Å².